The van der Waals surface area contributed by atoms with Crippen molar-refractivity contribution in [1.29, 1.82) is 0 Å². The molecule has 3 rings (SSSR count). The Labute approximate surface area is 173 Å². The van der Waals surface area contributed by atoms with Crippen molar-refractivity contribution in [2.24, 2.45) is 0 Å². The highest BCUT2D eigenvalue weighted by molar-refractivity contribution is 9.10. The maximum absolute atomic E-state index is 13.0. The molecule has 28 heavy (non-hydrogen) atoms. The molecule has 0 spiro atoms. The summed E-state index contributed by atoms with van der Waals surface area (Å²) in [4.78, 5) is 20.0. The maximum atomic E-state index is 13.0. The zero-order chi connectivity index (χ0) is 20.1. The summed E-state index contributed by atoms with van der Waals surface area (Å²) in [6.45, 7) is 9.96. The van der Waals surface area contributed by atoms with Crippen LogP contribution in [0.15, 0.2) is 41.1 Å². The molecule has 1 amide bonds. The number of carbonyl (C=O) groups excluding carboxylic acids is 1. The number of rotatable bonds is 9. The van der Waals surface area contributed by atoms with Crippen molar-refractivity contribution >= 4 is 38.8 Å². The molecule has 0 aliphatic rings. The molecule has 0 bridgehead atoms. The first-order valence-electron chi connectivity index (χ1n) is 9.75. The van der Waals surface area contributed by atoms with Crippen molar-refractivity contribution in [2.75, 3.05) is 25.0 Å². The molecule has 1 unspecified atom stereocenters. The summed E-state index contributed by atoms with van der Waals surface area (Å²) >= 11 is 3.39. The van der Waals surface area contributed by atoms with Gasteiger partial charge in [0, 0.05) is 19.3 Å². The Kier molecular flexibility index (Phi) is 6.85. The number of hydrogen-bond donors (Lipinski definition) is 1. The van der Waals surface area contributed by atoms with Crippen LogP contribution < -0.4 is 5.32 Å². The molecule has 7 nitrogen and oxygen atoms in total. The summed E-state index contributed by atoms with van der Waals surface area (Å²) in [5.41, 5.74) is 1.91. The predicted octanol–water partition coefficient (Wildman–Crippen LogP) is 3.93. The maximum Gasteiger partial charge on any atom is 0.251 e. The number of aromatic nitrogens is 4. The van der Waals surface area contributed by atoms with Crippen LogP contribution in [0.1, 0.15) is 33.2 Å². The fourth-order valence-corrected chi connectivity index (χ4v) is 3.65. The van der Waals surface area contributed by atoms with E-state index >= 15 is 0 Å². The Morgan fingerprint density at radius 3 is 2.64 bits per heavy atom. The number of nitrogens with one attached hydrogen (secondary N) is 1. The lowest BCUT2D eigenvalue weighted by molar-refractivity contribution is -0.119. The van der Waals surface area contributed by atoms with E-state index in [9.17, 15) is 4.79 Å². The SMILES string of the molecule is CCC(C(=O)Nc1nc2ccccc2n1CCN(CC)CC)n1cc(Br)cn1. The second-order valence-corrected chi connectivity index (χ2v) is 7.57. The lowest BCUT2D eigenvalue weighted by atomic mass is 10.2. The predicted molar refractivity (Wildman–Crippen MR) is 115 cm³/mol. The number of likely N-dealkylation sites (N-methyl/N-ethyl adjacent to an activating group) is 1. The molecular weight excluding hydrogens is 420 g/mol. The van der Waals surface area contributed by atoms with E-state index in [-0.39, 0.29) is 11.9 Å². The number of amides is 1. The Bertz CT molecular complexity index is 930. The van der Waals surface area contributed by atoms with Gasteiger partial charge in [-0.25, -0.2) is 4.98 Å². The van der Waals surface area contributed by atoms with Crippen molar-refractivity contribution in [2.45, 2.75) is 39.8 Å². The molecule has 3 aromatic rings. The van der Waals surface area contributed by atoms with Gasteiger partial charge in [0.1, 0.15) is 6.04 Å². The smallest absolute Gasteiger partial charge is 0.251 e. The minimum atomic E-state index is -0.387. The van der Waals surface area contributed by atoms with Crippen molar-refractivity contribution < 1.29 is 4.79 Å². The van der Waals surface area contributed by atoms with Gasteiger partial charge in [-0.2, -0.15) is 5.10 Å². The van der Waals surface area contributed by atoms with Crippen molar-refractivity contribution in [3.63, 3.8) is 0 Å². The third-order valence-electron chi connectivity index (χ3n) is 5.00. The van der Waals surface area contributed by atoms with E-state index in [4.69, 9.17) is 0 Å². The molecule has 2 heterocycles. The van der Waals surface area contributed by atoms with Gasteiger partial charge >= 0.3 is 0 Å². The highest BCUT2D eigenvalue weighted by atomic mass is 79.9. The first kappa shape index (κ1) is 20.5. The third-order valence-corrected chi connectivity index (χ3v) is 5.41. The lowest BCUT2D eigenvalue weighted by Gasteiger charge is -2.20. The molecule has 0 saturated carbocycles. The van der Waals surface area contributed by atoms with E-state index in [1.54, 1.807) is 10.9 Å². The van der Waals surface area contributed by atoms with Gasteiger partial charge in [0.15, 0.2) is 0 Å². The van der Waals surface area contributed by atoms with Crippen LogP contribution in [0.3, 0.4) is 0 Å². The first-order valence-corrected chi connectivity index (χ1v) is 10.5. The minimum absolute atomic E-state index is 0.113. The topological polar surface area (TPSA) is 68.0 Å². The van der Waals surface area contributed by atoms with Gasteiger partial charge in [-0.15, -0.1) is 0 Å². The number of anilines is 1. The number of fused-ring (bicyclic) bond motifs is 1. The summed E-state index contributed by atoms with van der Waals surface area (Å²) in [5.74, 6) is 0.473. The Balaban J connectivity index is 1.86. The number of carbonyl (C=O) groups is 1. The number of halogens is 1. The van der Waals surface area contributed by atoms with Gasteiger partial charge in [0.05, 0.1) is 21.7 Å². The normalized spacial score (nSPS) is 12.6. The number of para-hydroxylation sites is 2. The molecule has 150 valence electrons. The zero-order valence-corrected chi connectivity index (χ0v) is 18.2. The number of benzene rings is 1. The van der Waals surface area contributed by atoms with Gasteiger partial charge in [0.25, 0.3) is 5.91 Å². The number of hydrogen-bond acceptors (Lipinski definition) is 4. The second kappa shape index (κ2) is 9.34. The van der Waals surface area contributed by atoms with E-state index in [1.165, 1.54) is 0 Å². The van der Waals surface area contributed by atoms with E-state index in [0.29, 0.717) is 12.4 Å². The van der Waals surface area contributed by atoms with E-state index in [0.717, 1.165) is 41.7 Å². The van der Waals surface area contributed by atoms with Gasteiger partial charge in [-0.05, 0) is 47.6 Å². The monoisotopic (exact) mass is 446 g/mol. The molecule has 1 N–H and O–H groups in total. The summed E-state index contributed by atoms with van der Waals surface area (Å²) in [7, 11) is 0. The van der Waals surface area contributed by atoms with Gasteiger partial charge < -0.3 is 9.47 Å². The van der Waals surface area contributed by atoms with E-state index in [1.807, 2.05) is 37.4 Å². The summed E-state index contributed by atoms with van der Waals surface area (Å²) < 4.78 is 4.63. The van der Waals surface area contributed by atoms with Crippen LogP contribution in [-0.2, 0) is 11.3 Å². The largest absolute Gasteiger partial charge is 0.309 e. The van der Waals surface area contributed by atoms with Crippen molar-refractivity contribution in [1.82, 2.24) is 24.2 Å². The average Bonchev–Trinajstić information content (AvgIpc) is 3.27. The van der Waals surface area contributed by atoms with Crippen LogP contribution >= 0.6 is 15.9 Å². The van der Waals surface area contributed by atoms with Crippen LogP contribution in [-0.4, -0.2) is 49.8 Å². The second-order valence-electron chi connectivity index (χ2n) is 6.65. The highest BCUT2D eigenvalue weighted by Gasteiger charge is 2.22. The van der Waals surface area contributed by atoms with Crippen LogP contribution in [0.4, 0.5) is 5.95 Å². The van der Waals surface area contributed by atoms with Crippen molar-refractivity contribution in [3.05, 3.63) is 41.1 Å². The average molecular weight is 447 g/mol. The molecule has 1 atom stereocenters. The van der Waals surface area contributed by atoms with Crippen molar-refractivity contribution in [3.8, 4) is 0 Å². The van der Waals surface area contributed by atoms with Crippen LogP contribution in [0, 0.1) is 0 Å². The van der Waals surface area contributed by atoms with Gasteiger partial charge in [-0.3, -0.25) is 14.8 Å². The van der Waals surface area contributed by atoms with Gasteiger partial charge in [-0.1, -0.05) is 32.9 Å². The molecule has 1 aromatic carbocycles. The van der Waals surface area contributed by atoms with E-state index < -0.39 is 0 Å². The van der Waals surface area contributed by atoms with Crippen LogP contribution in [0.5, 0.6) is 0 Å². The molecule has 0 aliphatic carbocycles. The molecule has 2 aromatic heterocycles. The van der Waals surface area contributed by atoms with Gasteiger partial charge in [0.2, 0.25) is 5.95 Å². The molecular formula is C20H27BrN6O. The zero-order valence-electron chi connectivity index (χ0n) is 16.6. The summed E-state index contributed by atoms with van der Waals surface area (Å²) in [6, 6.07) is 7.59. The third kappa shape index (κ3) is 4.44. The van der Waals surface area contributed by atoms with Crippen LogP contribution in [0.2, 0.25) is 0 Å². The quantitative estimate of drug-likeness (QED) is 0.540. The number of imidazole rings is 1. The molecule has 0 radical (unpaired) electrons. The minimum Gasteiger partial charge on any atom is -0.309 e. The Hall–Kier alpha value is -2.19. The molecule has 0 aliphatic heterocycles. The fraction of sp³-hybridized carbons (Fsp3) is 0.450. The summed E-state index contributed by atoms with van der Waals surface area (Å²) in [6.07, 6.45) is 4.14. The Morgan fingerprint density at radius 1 is 1.25 bits per heavy atom. The van der Waals surface area contributed by atoms with E-state index in [2.05, 4.69) is 54.6 Å². The summed E-state index contributed by atoms with van der Waals surface area (Å²) in [5, 5.41) is 7.31. The molecule has 0 fully saturated rings. The standard InChI is InChI=1S/C20H27BrN6O/c1-4-17(27-14-15(21)13-22-27)19(28)24-20-23-16-9-7-8-10-18(16)26(20)12-11-25(5-2)6-3/h7-10,13-14,17H,4-6,11-12H2,1-3H3,(H,23,24,28). The lowest BCUT2D eigenvalue weighted by Crippen LogP contribution is -2.29. The Morgan fingerprint density at radius 2 is 2.00 bits per heavy atom. The van der Waals surface area contributed by atoms with Crippen LogP contribution in [0.25, 0.3) is 11.0 Å². The highest BCUT2D eigenvalue weighted by Crippen LogP contribution is 2.22. The molecule has 0 saturated heterocycles. The first-order chi connectivity index (χ1) is 13.6. The molecule has 8 heteroatoms. The fourth-order valence-electron chi connectivity index (χ4n) is 3.35. The number of nitrogens with zero attached hydrogens (tertiary/aromatic N) is 5.